The fourth-order valence-electron chi connectivity index (χ4n) is 3.29. The van der Waals surface area contributed by atoms with Crippen LogP contribution in [0, 0.1) is 5.92 Å². The van der Waals surface area contributed by atoms with Crippen LogP contribution in [0.2, 0.25) is 0 Å². The maximum atomic E-state index is 12.1. The SMILES string of the molecule is O=C(NC12CCC(CC1)C2)c1ccc(O)cc1. The number of amides is 1. The molecule has 0 atom stereocenters. The fourth-order valence-corrected chi connectivity index (χ4v) is 3.29. The average molecular weight is 231 g/mol. The number of fused-ring (bicyclic) bond motifs is 2. The first kappa shape index (κ1) is 10.6. The molecule has 3 nitrogen and oxygen atoms in total. The molecule has 3 rings (SSSR count). The first-order valence-electron chi connectivity index (χ1n) is 6.28. The van der Waals surface area contributed by atoms with Gasteiger partial charge < -0.3 is 10.4 Å². The van der Waals surface area contributed by atoms with E-state index in [2.05, 4.69) is 5.32 Å². The lowest BCUT2D eigenvalue weighted by molar-refractivity contribution is 0.0901. The molecule has 0 radical (unpaired) electrons. The van der Waals surface area contributed by atoms with Crippen molar-refractivity contribution in [1.82, 2.24) is 5.32 Å². The molecule has 1 aromatic carbocycles. The summed E-state index contributed by atoms with van der Waals surface area (Å²) in [5.41, 5.74) is 0.701. The molecule has 0 unspecified atom stereocenters. The van der Waals surface area contributed by atoms with Gasteiger partial charge in [0.25, 0.3) is 5.91 Å². The summed E-state index contributed by atoms with van der Waals surface area (Å²) in [4.78, 5) is 12.1. The van der Waals surface area contributed by atoms with Crippen LogP contribution in [-0.2, 0) is 0 Å². The van der Waals surface area contributed by atoms with Crippen LogP contribution in [0.4, 0.5) is 0 Å². The number of hydrogen-bond donors (Lipinski definition) is 2. The minimum atomic E-state index is -0.00690. The summed E-state index contributed by atoms with van der Waals surface area (Å²) in [7, 11) is 0. The van der Waals surface area contributed by atoms with E-state index in [-0.39, 0.29) is 17.2 Å². The van der Waals surface area contributed by atoms with Gasteiger partial charge in [0.1, 0.15) is 5.75 Å². The van der Waals surface area contributed by atoms with E-state index in [9.17, 15) is 9.90 Å². The van der Waals surface area contributed by atoms with Crippen LogP contribution in [0.25, 0.3) is 0 Å². The molecular formula is C14H17NO2. The van der Waals surface area contributed by atoms with Crippen LogP contribution >= 0.6 is 0 Å². The van der Waals surface area contributed by atoms with Crippen molar-refractivity contribution in [3.63, 3.8) is 0 Å². The van der Waals surface area contributed by atoms with Gasteiger partial charge in [0.2, 0.25) is 0 Å². The van der Waals surface area contributed by atoms with Crippen molar-refractivity contribution < 1.29 is 9.90 Å². The molecule has 0 aliphatic heterocycles. The zero-order valence-electron chi connectivity index (χ0n) is 9.78. The van der Waals surface area contributed by atoms with E-state index in [0.717, 1.165) is 25.2 Å². The largest absolute Gasteiger partial charge is 0.508 e. The highest BCUT2D eigenvalue weighted by Gasteiger charge is 2.45. The Morgan fingerprint density at radius 3 is 2.41 bits per heavy atom. The van der Waals surface area contributed by atoms with Crippen molar-refractivity contribution in [2.24, 2.45) is 5.92 Å². The van der Waals surface area contributed by atoms with Gasteiger partial charge in [-0.15, -0.1) is 0 Å². The first-order chi connectivity index (χ1) is 8.17. The minimum Gasteiger partial charge on any atom is -0.508 e. The second-order valence-electron chi connectivity index (χ2n) is 5.43. The third kappa shape index (κ3) is 1.90. The normalized spacial score (nSPS) is 30.5. The molecule has 3 heteroatoms. The predicted octanol–water partition coefficient (Wildman–Crippen LogP) is 2.45. The second kappa shape index (κ2) is 3.76. The molecule has 1 amide bonds. The van der Waals surface area contributed by atoms with Crippen LogP contribution in [0.1, 0.15) is 42.5 Å². The van der Waals surface area contributed by atoms with Crippen molar-refractivity contribution in [3.05, 3.63) is 29.8 Å². The molecule has 2 aliphatic carbocycles. The lowest BCUT2D eigenvalue weighted by Gasteiger charge is -2.28. The molecule has 0 aromatic heterocycles. The number of benzene rings is 1. The first-order valence-corrected chi connectivity index (χ1v) is 6.28. The third-order valence-electron chi connectivity index (χ3n) is 4.25. The van der Waals surface area contributed by atoms with Gasteiger partial charge in [0.05, 0.1) is 0 Å². The number of carbonyl (C=O) groups excluding carboxylic acids is 1. The monoisotopic (exact) mass is 231 g/mol. The number of phenolic OH excluding ortho intramolecular Hbond substituents is 1. The fraction of sp³-hybridized carbons (Fsp3) is 0.500. The van der Waals surface area contributed by atoms with Gasteiger partial charge in [-0.05, 0) is 62.3 Å². The Kier molecular flexibility index (Phi) is 2.35. The van der Waals surface area contributed by atoms with Crippen molar-refractivity contribution in [3.8, 4) is 5.75 Å². The molecule has 17 heavy (non-hydrogen) atoms. The third-order valence-corrected chi connectivity index (χ3v) is 4.25. The second-order valence-corrected chi connectivity index (χ2v) is 5.43. The van der Waals surface area contributed by atoms with E-state index >= 15 is 0 Å². The van der Waals surface area contributed by atoms with E-state index in [4.69, 9.17) is 0 Å². The van der Waals surface area contributed by atoms with Crippen molar-refractivity contribution in [2.45, 2.75) is 37.6 Å². The number of phenols is 1. The van der Waals surface area contributed by atoms with Crippen molar-refractivity contribution >= 4 is 5.91 Å². The van der Waals surface area contributed by atoms with Crippen LogP contribution in [0.3, 0.4) is 0 Å². The smallest absolute Gasteiger partial charge is 0.251 e. The van der Waals surface area contributed by atoms with Gasteiger partial charge in [-0.3, -0.25) is 4.79 Å². The molecular weight excluding hydrogens is 214 g/mol. The molecule has 2 aliphatic rings. The van der Waals surface area contributed by atoms with Gasteiger partial charge in [-0.1, -0.05) is 0 Å². The number of hydrogen-bond acceptors (Lipinski definition) is 2. The van der Waals surface area contributed by atoms with Gasteiger partial charge in [0, 0.05) is 11.1 Å². The molecule has 2 N–H and O–H groups in total. The van der Waals surface area contributed by atoms with E-state index < -0.39 is 0 Å². The number of aromatic hydroxyl groups is 1. The molecule has 0 saturated heterocycles. The Balaban J connectivity index is 1.73. The highest BCUT2D eigenvalue weighted by atomic mass is 16.3. The molecule has 0 spiro atoms. The van der Waals surface area contributed by atoms with Crippen molar-refractivity contribution in [1.29, 1.82) is 0 Å². The summed E-state index contributed by atoms with van der Waals surface area (Å²) in [5, 5.41) is 12.4. The van der Waals surface area contributed by atoms with Gasteiger partial charge in [0.15, 0.2) is 0 Å². The van der Waals surface area contributed by atoms with E-state index in [1.54, 1.807) is 24.3 Å². The number of carbonyl (C=O) groups is 1. The number of rotatable bonds is 2. The van der Waals surface area contributed by atoms with Crippen LogP contribution in [-0.4, -0.2) is 16.6 Å². The van der Waals surface area contributed by atoms with Gasteiger partial charge in [-0.25, -0.2) is 0 Å². The van der Waals surface area contributed by atoms with Gasteiger partial charge in [-0.2, -0.15) is 0 Å². The Labute approximate surface area is 101 Å². The highest BCUT2D eigenvalue weighted by molar-refractivity contribution is 5.94. The summed E-state index contributed by atoms with van der Waals surface area (Å²) in [6.45, 7) is 0. The quantitative estimate of drug-likeness (QED) is 0.821. The Morgan fingerprint density at radius 2 is 1.88 bits per heavy atom. The van der Waals surface area contributed by atoms with E-state index in [1.807, 2.05) is 0 Å². The minimum absolute atomic E-state index is 0.00690. The van der Waals surface area contributed by atoms with Crippen LogP contribution in [0.15, 0.2) is 24.3 Å². The maximum absolute atomic E-state index is 12.1. The summed E-state index contributed by atoms with van der Waals surface area (Å²) < 4.78 is 0. The zero-order valence-corrected chi connectivity index (χ0v) is 9.78. The average Bonchev–Trinajstić information content (AvgIpc) is 2.89. The zero-order chi connectivity index (χ0) is 11.9. The lowest BCUT2D eigenvalue weighted by atomic mass is 9.93. The Bertz CT molecular complexity index is 430. The van der Waals surface area contributed by atoms with Crippen LogP contribution in [0.5, 0.6) is 5.75 Å². The van der Waals surface area contributed by atoms with Crippen molar-refractivity contribution in [2.75, 3.05) is 0 Å². The predicted molar refractivity (Wildman–Crippen MR) is 64.9 cm³/mol. The summed E-state index contributed by atoms with van der Waals surface area (Å²) >= 11 is 0. The Morgan fingerprint density at radius 1 is 1.24 bits per heavy atom. The standard InChI is InChI=1S/C14H17NO2/c16-12-3-1-11(2-4-12)13(17)15-14-7-5-10(9-14)6-8-14/h1-4,10,16H,5-9H2,(H,15,17). The summed E-state index contributed by atoms with van der Waals surface area (Å²) in [5.74, 6) is 1.02. The Hall–Kier alpha value is -1.51. The molecule has 2 saturated carbocycles. The van der Waals surface area contributed by atoms with E-state index in [1.165, 1.54) is 12.8 Å². The molecule has 0 heterocycles. The molecule has 2 bridgehead atoms. The summed E-state index contributed by atoms with van der Waals surface area (Å²) in [6.07, 6.45) is 5.92. The maximum Gasteiger partial charge on any atom is 0.251 e. The number of nitrogens with one attached hydrogen (secondary N) is 1. The topological polar surface area (TPSA) is 49.3 Å². The molecule has 2 fully saturated rings. The van der Waals surface area contributed by atoms with Gasteiger partial charge >= 0.3 is 0 Å². The lowest BCUT2D eigenvalue weighted by Crippen LogP contribution is -2.44. The van der Waals surface area contributed by atoms with Crippen LogP contribution < -0.4 is 5.32 Å². The van der Waals surface area contributed by atoms with E-state index in [0.29, 0.717) is 5.56 Å². The molecule has 1 aromatic rings. The summed E-state index contributed by atoms with van der Waals surface area (Å²) in [6, 6.07) is 6.45. The molecule has 90 valence electrons. The highest BCUT2D eigenvalue weighted by Crippen LogP contribution is 2.47.